The van der Waals surface area contributed by atoms with Gasteiger partial charge in [0.25, 0.3) is 0 Å². The van der Waals surface area contributed by atoms with Gasteiger partial charge in [-0.15, -0.1) is 17.0 Å². The quantitative estimate of drug-likeness (QED) is 0.663. The molecule has 12 heavy (non-hydrogen) atoms. The molecule has 2 rings (SSSR count). The maximum atomic E-state index is 8.58. The molecule has 0 aliphatic rings. The zero-order valence-electron chi connectivity index (χ0n) is 6.19. The summed E-state index contributed by atoms with van der Waals surface area (Å²) in [5.41, 5.74) is 1.65. The molecule has 0 aliphatic heterocycles. The fourth-order valence-corrected chi connectivity index (χ4v) is 1.79. The molecule has 0 radical (unpaired) electrons. The second-order valence-corrected chi connectivity index (χ2v) is 3.25. The maximum absolute atomic E-state index is 8.58. The van der Waals surface area contributed by atoms with Gasteiger partial charge in [0.15, 0.2) is 0 Å². The van der Waals surface area contributed by atoms with E-state index in [1.165, 1.54) is 0 Å². The van der Waals surface area contributed by atoms with E-state index in [0.29, 0.717) is 5.56 Å². The first-order valence-electron chi connectivity index (χ1n) is 3.47. The standard InChI is InChI=1S/C9H5N2S/c10-5-7-4-9(12-6-7)8-2-1-3-11-8/h1-4,6H/q-1. The Hall–Kier alpha value is -1.53. The van der Waals surface area contributed by atoms with E-state index < -0.39 is 0 Å². The van der Waals surface area contributed by atoms with Crippen LogP contribution in [0.3, 0.4) is 0 Å². The van der Waals surface area contributed by atoms with Crippen LogP contribution in [0.4, 0.5) is 0 Å². The third-order valence-electron chi connectivity index (χ3n) is 1.53. The van der Waals surface area contributed by atoms with Crippen LogP contribution in [0.25, 0.3) is 10.6 Å². The average Bonchev–Trinajstić information content (AvgIpc) is 2.75. The van der Waals surface area contributed by atoms with Crippen molar-refractivity contribution >= 4 is 11.3 Å². The van der Waals surface area contributed by atoms with E-state index in [1.54, 1.807) is 17.5 Å². The van der Waals surface area contributed by atoms with E-state index in [2.05, 4.69) is 11.1 Å². The zero-order chi connectivity index (χ0) is 8.39. The SMILES string of the molecule is N#Cc1csc(-c2ccc[n-]2)c1. The van der Waals surface area contributed by atoms with Crippen molar-refractivity contribution in [2.75, 3.05) is 0 Å². The van der Waals surface area contributed by atoms with Crippen LogP contribution in [0.1, 0.15) is 5.56 Å². The molecule has 0 N–H and O–H groups in total. The van der Waals surface area contributed by atoms with Crippen molar-refractivity contribution in [3.05, 3.63) is 35.3 Å². The highest BCUT2D eigenvalue weighted by molar-refractivity contribution is 7.13. The van der Waals surface area contributed by atoms with Crippen molar-refractivity contribution in [2.45, 2.75) is 0 Å². The summed E-state index contributed by atoms with van der Waals surface area (Å²) < 4.78 is 0. The molecule has 2 aromatic heterocycles. The Balaban J connectivity index is 2.44. The zero-order valence-corrected chi connectivity index (χ0v) is 7.01. The second kappa shape index (κ2) is 2.84. The van der Waals surface area contributed by atoms with Crippen LogP contribution in [0.2, 0.25) is 0 Å². The summed E-state index contributed by atoms with van der Waals surface area (Å²) in [6.07, 6.45) is 1.75. The monoisotopic (exact) mass is 173 g/mol. The molecular formula is C9H5N2S-. The van der Waals surface area contributed by atoms with E-state index in [-0.39, 0.29) is 0 Å². The van der Waals surface area contributed by atoms with Gasteiger partial charge < -0.3 is 4.98 Å². The van der Waals surface area contributed by atoms with Gasteiger partial charge >= 0.3 is 0 Å². The van der Waals surface area contributed by atoms with Crippen molar-refractivity contribution in [3.63, 3.8) is 0 Å². The lowest BCUT2D eigenvalue weighted by molar-refractivity contribution is 1.38. The molecule has 0 bridgehead atoms. The molecule has 0 fully saturated rings. The molecule has 3 heteroatoms. The Bertz CT molecular complexity index is 406. The summed E-state index contributed by atoms with van der Waals surface area (Å²) in [6.45, 7) is 0. The lowest BCUT2D eigenvalue weighted by Crippen LogP contribution is -1.71. The van der Waals surface area contributed by atoms with Crippen LogP contribution in [0.15, 0.2) is 29.8 Å². The first kappa shape index (κ1) is 7.14. The highest BCUT2D eigenvalue weighted by Crippen LogP contribution is 2.24. The fraction of sp³-hybridized carbons (Fsp3) is 0. The minimum Gasteiger partial charge on any atom is -0.663 e. The Morgan fingerprint density at radius 3 is 3.00 bits per heavy atom. The summed E-state index contributed by atoms with van der Waals surface area (Å²) in [7, 11) is 0. The molecule has 0 amide bonds. The van der Waals surface area contributed by atoms with Crippen molar-refractivity contribution in [1.82, 2.24) is 4.98 Å². The second-order valence-electron chi connectivity index (χ2n) is 2.33. The third kappa shape index (κ3) is 1.13. The number of nitriles is 1. The van der Waals surface area contributed by atoms with Gasteiger partial charge in [-0.05, 0) is 6.07 Å². The Morgan fingerprint density at radius 1 is 1.50 bits per heavy atom. The molecule has 0 saturated heterocycles. The summed E-state index contributed by atoms with van der Waals surface area (Å²) in [6, 6.07) is 7.77. The Morgan fingerprint density at radius 2 is 2.42 bits per heavy atom. The average molecular weight is 173 g/mol. The summed E-state index contributed by atoms with van der Waals surface area (Å²) >= 11 is 1.55. The number of thiophene rings is 1. The van der Waals surface area contributed by atoms with Crippen molar-refractivity contribution in [3.8, 4) is 16.6 Å². The molecular weight excluding hydrogens is 168 g/mol. The molecule has 0 atom stereocenters. The molecule has 58 valence electrons. The third-order valence-corrected chi connectivity index (χ3v) is 2.49. The topological polar surface area (TPSA) is 37.9 Å². The normalized spacial score (nSPS) is 9.58. The van der Waals surface area contributed by atoms with Gasteiger partial charge in [-0.2, -0.15) is 11.5 Å². The van der Waals surface area contributed by atoms with Crippen molar-refractivity contribution in [2.24, 2.45) is 0 Å². The van der Waals surface area contributed by atoms with E-state index >= 15 is 0 Å². The van der Waals surface area contributed by atoms with Gasteiger partial charge in [0.2, 0.25) is 0 Å². The van der Waals surface area contributed by atoms with E-state index in [9.17, 15) is 0 Å². The maximum Gasteiger partial charge on any atom is 0.100 e. The van der Waals surface area contributed by atoms with Crippen LogP contribution in [-0.2, 0) is 0 Å². The smallest absolute Gasteiger partial charge is 0.100 e. The van der Waals surface area contributed by atoms with Crippen LogP contribution < -0.4 is 4.98 Å². The van der Waals surface area contributed by atoms with Gasteiger partial charge in [0.05, 0.1) is 5.56 Å². The Kier molecular flexibility index (Phi) is 1.69. The van der Waals surface area contributed by atoms with Gasteiger partial charge in [0, 0.05) is 10.3 Å². The lowest BCUT2D eigenvalue weighted by Gasteiger charge is -1.99. The van der Waals surface area contributed by atoms with Gasteiger partial charge in [-0.3, -0.25) is 0 Å². The molecule has 2 aromatic rings. The van der Waals surface area contributed by atoms with E-state index in [1.807, 2.05) is 23.6 Å². The predicted octanol–water partition coefficient (Wildman–Crippen LogP) is 2.24. The molecule has 0 saturated carbocycles. The summed E-state index contributed by atoms with van der Waals surface area (Å²) in [5.74, 6) is 0. The van der Waals surface area contributed by atoms with Gasteiger partial charge in [-0.1, -0.05) is 12.1 Å². The van der Waals surface area contributed by atoms with Crippen molar-refractivity contribution < 1.29 is 0 Å². The predicted molar refractivity (Wildman–Crippen MR) is 47.8 cm³/mol. The summed E-state index contributed by atoms with van der Waals surface area (Å²) in [4.78, 5) is 5.19. The number of hydrogen-bond acceptors (Lipinski definition) is 2. The largest absolute Gasteiger partial charge is 0.663 e. The highest BCUT2D eigenvalue weighted by atomic mass is 32.1. The van der Waals surface area contributed by atoms with Gasteiger partial charge in [-0.25, -0.2) is 0 Å². The van der Waals surface area contributed by atoms with Crippen LogP contribution in [-0.4, -0.2) is 0 Å². The number of aromatic nitrogens is 1. The fourth-order valence-electron chi connectivity index (χ4n) is 0.975. The van der Waals surface area contributed by atoms with E-state index in [4.69, 9.17) is 5.26 Å². The molecule has 2 nitrogen and oxygen atoms in total. The van der Waals surface area contributed by atoms with Crippen LogP contribution in [0, 0.1) is 11.3 Å². The molecule has 0 unspecified atom stereocenters. The van der Waals surface area contributed by atoms with Crippen LogP contribution >= 0.6 is 11.3 Å². The highest BCUT2D eigenvalue weighted by Gasteiger charge is 1.96. The molecule has 0 aliphatic carbocycles. The van der Waals surface area contributed by atoms with Crippen molar-refractivity contribution in [1.29, 1.82) is 5.26 Å². The number of hydrogen-bond donors (Lipinski definition) is 0. The number of rotatable bonds is 1. The van der Waals surface area contributed by atoms with Gasteiger partial charge in [0.1, 0.15) is 6.07 Å². The summed E-state index contributed by atoms with van der Waals surface area (Å²) in [5, 5.41) is 10.4. The Labute approximate surface area is 74.1 Å². The first-order valence-corrected chi connectivity index (χ1v) is 4.35. The molecule has 2 heterocycles. The number of nitrogens with zero attached hydrogens (tertiary/aromatic N) is 2. The lowest BCUT2D eigenvalue weighted by atomic mass is 10.3. The molecule has 0 spiro atoms. The minimum absolute atomic E-state index is 0.706. The first-order chi connectivity index (χ1) is 5.90. The van der Waals surface area contributed by atoms with E-state index in [0.717, 1.165) is 10.6 Å². The molecule has 0 aromatic carbocycles. The minimum atomic E-state index is 0.706. The van der Waals surface area contributed by atoms with Crippen LogP contribution in [0.5, 0.6) is 0 Å².